The maximum atomic E-state index is 3.61. The van der Waals surface area contributed by atoms with Crippen LogP contribution in [0.5, 0.6) is 0 Å². The van der Waals surface area contributed by atoms with E-state index in [1.807, 2.05) is 0 Å². The average Bonchev–Trinajstić information content (AvgIpc) is 2.88. The molecule has 0 aromatic heterocycles. The Morgan fingerprint density at radius 3 is 3.18 bits per heavy atom. The van der Waals surface area contributed by atoms with Gasteiger partial charge >= 0.3 is 0 Å². The molecule has 3 atom stereocenters. The highest BCUT2D eigenvalue weighted by Gasteiger charge is 2.45. The Labute approximate surface area is 111 Å². The topological polar surface area (TPSA) is 15.3 Å². The average molecular weight is 293 g/mol. The van der Waals surface area contributed by atoms with Crippen molar-refractivity contribution in [1.82, 2.24) is 0 Å². The summed E-state index contributed by atoms with van der Waals surface area (Å²) in [6, 6.07) is 7.34. The molecule has 1 N–H and O–H groups in total. The molecule has 0 amide bonds. The maximum Gasteiger partial charge on any atom is 0.0616 e. The van der Waals surface area contributed by atoms with Crippen LogP contribution in [0.25, 0.3) is 0 Å². The van der Waals surface area contributed by atoms with Crippen molar-refractivity contribution in [2.45, 2.75) is 25.3 Å². The molecule has 2 nitrogen and oxygen atoms in total. The second kappa shape index (κ2) is 3.64. The fourth-order valence-corrected chi connectivity index (χ4v) is 4.41. The van der Waals surface area contributed by atoms with E-state index in [0.29, 0.717) is 0 Å². The van der Waals surface area contributed by atoms with Crippen molar-refractivity contribution >= 4 is 27.3 Å². The van der Waals surface area contributed by atoms with E-state index in [9.17, 15) is 0 Å². The smallest absolute Gasteiger partial charge is 0.0616 e. The van der Waals surface area contributed by atoms with Crippen molar-refractivity contribution in [2.75, 3.05) is 23.3 Å². The summed E-state index contributed by atoms with van der Waals surface area (Å²) in [5.74, 6) is 1.89. The molecule has 0 spiro atoms. The molecule has 3 aliphatic rings. The van der Waals surface area contributed by atoms with Crippen LogP contribution in [0.4, 0.5) is 11.4 Å². The molecule has 1 saturated carbocycles. The summed E-state index contributed by atoms with van der Waals surface area (Å²) in [6.45, 7) is 2.41. The summed E-state index contributed by atoms with van der Waals surface area (Å²) >= 11 is 3.59. The Hall–Kier alpha value is -0.700. The molecule has 1 aromatic carbocycles. The van der Waals surface area contributed by atoms with Crippen molar-refractivity contribution in [3.63, 3.8) is 0 Å². The van der Waals surface area contributed by atoms with Gasteiger partial charge in [-0.25, -0.2) is 0 Å². The molecule has 2 aliphatic heterocycles. The highest BCUT2D eigenvalue weighted by atomic mass is 79.9. The molecule has 0 bridgehead atoms. The zero-order valence-corrected chi connectivity index (χ0v) is 11.4. The lowest BCUT2D eigenvalue weighted by atomic mass is 9.93. The lowest BCUT2D eigenvalue weighted by molar-refractivity contribution is 0.429. The highest BCUT2D eigenvalue weighted by Crippen LogP contribution is 2.47. The second-order valence-corrected chi connectivity index (χ2v) is 6.53. The van der Waals surface area contributed by atoms with E-state index in [-0.39, 0.29) is 0 Å². The number of hydrogen-bond donors (Lipinski definition) is 1. The second-order valence-electron chi connectivity index (χ2n) is 5.62. The van der Waals surface area contributed by atoms with Crippen LogP contribution >= 0.6 is 15.9 Å². The van der Waals surface area contributed by atoms with Gasteiger partial charge in [-0.15, -0.1) is 0 Å². The minimum Gasteiger partial charge on any atom is -0.381 e. The molecular formula is C14H17BrN2. The number of nitrogens with zero attached hydrogens (tertiary/aromatic N) is 1. The third kappa shape index (κ3) is 1.44. The summed E-state index contributed by atoms with van der Waals surface area (Å²) in [7, 11) is 0. The first-order valence-electron chi connectivity index (χ1n) is 6.63. The summed E-state index contributed by atoms with van der Waals surface area (Å²) < 4.78 is 1.19. The number of hydrogen-bond acceptors (Lipinski definition) is 2. The number of halogens is 1. The van der Waals surface area contributed by atoms with Crippen LogP contribution in [-0.4, -0.2) is 19.1 Å². The van der Waals surface area contributed by atoms with Gasteiger partial charge in [0.15, 0.2) is 0 Å². The molecule has 17 heavy (non-hydrogen) atoms. The van der Waals surface area contributed by atoms with Gasteiger partial charge in [-0.05, 0) is 42.9 Å². The summed E-state index contributed by atoms with van der Waals surface area (Å²) in [4.78, 5) is 2.66. The third-order valence-electron chi connectivity index (χ3n) is 4.81. The molecule has 2 heterocycles. The first-order chi connectivity index (χ1) is 8.33. The summed E-state index contributed by atoms with van der Waals surface area (Å²) in [5.41, 5.74) is 2.72. The molecule has 1 aromatic rings. The van der Waals surface area contributed by atoms with Gasteiger partial charge in [0.25, 0.3) is 0 Å². The minimum atomic E-state index is 0.740. The SMILES string of the molecule is Brc1ccc2c(c1)N1CC3CCCC3C1CN2. The first-order valence-corrected chi connectivity index (χ1v) is 7.42. The van der Waals surface area contributed by atoms with Gasteiger partial charge in [-0.2, -0.15) is 0 Å². The molecular weight excluding hydrogens is 276 g/mol. The molecule has 4 rings (SSSR count). The van der Waals surface area contributed by atoms with Gasteiger partial charge in [0.05, 0.1) is 11.4 Å². The van der Waals surface area contributed by atoms with Crippen LogP contribution in [0.1, 0.15) is 19.3 Å². The monoisotopic (exact) mass is 292 g/mol. The Morgan fingerprint density at radius 1 is 1.29 bits per heavy atom. The number of fused-ring (bicyclic) bond motifs is 5. The number of benzene rings is 1. The first kappa shape index (κ1) is 10.2. The molecule has 1 saturated heterocycles. The Balaban J connectivity index is 1.75. The number of anilines is 2. The summed E-state index contributed by atoms with van der Waals surface area (Å²) in [6.07, 6.45) is 4.34. The molecule has 90 valence electrons. The van der Waals surface area contributed by atoms with E-state index in [1.54, 1.807) is 0 Å². The zero-order valence-electron chi connectivity index (χ0n) is 9.82. The van der Waals surface area contributed by atoms with Crippen molar-refractivity contribution in [3.05, 3.63) is 22.7 Å². The molecule has 0 radical (unpaired) electrons. The fraction of sp³-hybridized carbons (Fsp3) is 0.571. The molecule has 1 aliphatic carbocycles. The van der Waals surface area contributed by atoms with Crippen molar-refractivity contribution in [3.8, 4) is 0 Å². The molecule has 2 fully saturated rings. The Kier molecular flexibility index (Phi) is 2.20. The lowest BCUT2D eigenvalue weighted by Crippen LogP contribution is -2.42. The Morgan fingerprint density at radius 2 is 2.24 bits per heavy atom. The van der Waals surface area contributed by atoms with Crippen LogP contribution in [0.3, 0.4) is 0 Å². The van der Waals surface area contributed by atoms with Gasteiger partial charge in [-0.3, -0.25) is 0 Å². The third-order valence-corrected chi connectivity index (χ3v) is 5.31. The normalized spacial score (nSPS) is 33.9. The fourth-order valence-electron chi connectivity index (χ4n) is 4.06. The predicted molar refractivity (Wildman–Crippen MR) is 74.6 cm³/mol. The van der Waals surface area contributed by atoms with Gasteiger partial charge in [0.2, 0.25) is 0 Å². The molecule has 3 heteroatoms. The van der Waals surface area contributed by atoms with Gasteiger partial charge < -0.3 is 10.2 Å². The molecule has 3 unspecified atom stereocenters. The van der Waals surface area contributed by atoms with Crippen molar-refractivity contribution < 1.29 is 0 Å². The number of rotatable bonds is 0. The van der Waals surface area contributed by atoms with Crippen molar-refractivity contribution in [2.24, 2.45) is 11.8 Å². The number of nitrogens with one attached hydrogen (secondary N) is 1. The van der Waals surface area contributed by atoms with E-state index >= 15 is 0 Å². The van der Waals surface area contributed by atoms with E-state index in [4.69, 9.17) is 0 Å². The van der Waals surface area contributed by atoms with E-state index in [1.165, 1.54) is 41.7 Å². The van der Waals surface area contributed by atoms with Gasteiger partial charge in [0, 0.05) is 23.6 Å². The predicted octanol–water partition coefficient (Wildman–Crippen LogP) is 3.48. The van der Waals surface area contributed by atoms with Gasteiger partial charge in [-0.1, -0.05) is 22.4 Å². The minimum absolute atomic E-state index is 0.740. The van der Waals surface area contributed by atoms with Crippen LogP contribution in [0.2, 0.25) is 0 Å². The van der Waals surface area contributed by atoms with E-state index < -0.39 is 0 Å². The zero-order chi connectivity index (χ0) is 11.4. The summed E-state index contributed by atoms with van der Waals surface area (Å²) in [5, 5.41) is 3.61. The van der Waals surface area contributed by atoms with E-state index in [0.717, 1.165) is 24.4 Å². The van der Waals surface area contributed by atoms with Crippen LogP contribution in [-0.2, 0) is 0 Å². The van der Waals surface area contributed by atoms with Crippen LogP contribution < -0.4 is 10.2 Å². The Bertz CT molecular complexity index is 460. The lowest BCUT2D eigenvalue weighted by Gasteiger charge is -2.36. The maximum absolute atomic E-state index is 3.61. The van der Waals surface area contributed by atoms with Gasteiger partial charge in [0.1, 0.15) is 0 Å². The quantitative estimate of drug-likeness (QED) is 0.788. The highest BCUT2D eigenvalue weighted by molar-refractivity contribution is 9.10. The standard InChI is InChI=1S/C14H17BrN2/c15-10-4-5-12-13(6-10)17-8-9-2-1-3-11(9)14(17)7-16-12/h4-6,9,11,14,16H,1-3,7-8H2. The van der Waals surface area contributed by atoms with Crippen molar-refractivity contribution in [1.29, 1.82) is 0 Å². The van der Waals surface area contributed by atoms with E-state index in [2.05, 4.69) is 44.3 Å². The largest absolute Gasteiger partial charge is 0.381 e. The van der Waals surface area contributed by atoms with Crippen LogP contribution in [0, 0.1) is 11.8 Å². The van der Waals surface area contributed by atoms with Crippen LogP contribution in [0.15, 0.2) is 22.7 Å².